The summed E-state index contributed by atoms with van der Waals surface area (Å²) >= 11 is 0. The number of non-ortho nitro benzene ring substituents is 1. The Labute approximate surface area is 187 Å². The van der Waals surface area contributed by atoms with Gasteiger partial charge in [-0.3, -0.25) is 30.6 Å². The Hall–Kier alpha value is -4.99. The molecule has 0 aliphatic rings. The molecule has 0 spiro atoms. The molecule has 166 valence electrons. The van der Waals surface area contributed by atoms with Crippen LogP contribution in [0.4, 0.5) is 5.69 Å². The third kappa shape index (κ3) is 6.01. The van der Waals surface area contributed by atoms with Gasteiger partial charge in [0.2, 0.25) is 0 Å². The highest BCUT2D eigenvalue weighted by molar-refractivity contribution is 5.99. The molecule has 0 fully saturated rings. The summed E-state index contributed by atoms with van der Waals surface area (Å²) in [6.07, 6.45) is 2.49. The van der Waals surface area contributed by atoms with Gasteiger partial charge in [0.15, 0.2) is 0 Å². The summed E-state index contributed by atoms with van der Waals surface area (Å²) < 4.78 is 5.34. The van der Waals surface area contributed by atoms with E-state index in [0.29, 0.717) is 5.56 Å². The number of rotatable bonds is 6. The number of hydrazine groups is 1. The van der Waals surface area contributed by atoms with Crippen LogP contribution in [0, 0.1) is 10.1 Å². The van der Waals surface area contributed by atoms with Gasteiger partial charge in [-0.2, -0.15) is 0 Å². The predicted molar refractivity (Wildman–Crippen MR) is 117 cm³/mol. The summed E-state index contributed by atoms with van der Waals surface area (Å²) in [7, 11) is 0. The maximum absolute atomic E-state index is 12.4. The normalized spacial score (nSPS) is 10.4. The Morgan fingerprint density at radius 1 is 0.909 bits per heavy atom. The molecule has 3 aromatic carbocycles. The van der Waals surface area contributed by atoms with Crippen LogP contribution in [0.25, 0.3) is 6.08 Å². The zero-order valence-electron chi connectivity index (χ0n) is 16.9. The standard InChI is InChI=1S/C23H17N3O7/c27-19-7-3-2-6-18(19)22(29)25-24-21(28)14-11-15-5-1-4-8-20(15)33-23(30)16-9-12-17(13-10-16)26(31)32/h1-14,27H,(H,24,28)(H,25,29)/b14-11+. The van der Waals surface area contributed by atoms with E-state index in [4.69, 9.17) is 4.74 Å². The number of carbonyl (C=O) groups excluding carboxylic acids is 3. The SMILES string of the molecule is O=C(/C=C/c1ccccc1OC(=O)c1ccc([N+](=O)[O-])cc1)NNC(=O)c1ccccc1O. The number of nitrogens with one attached hydrogen (secondary N) is 2. The first-order chi connectivity index (χ1) is 15.8. The predicted octanol–water partition coefficient (Wildman–Crippen LogP) is 2.99. The number of ether oxygens (including phenoxy) is 1. The first-order valence-electron chi connectivity index (χ1n) is 9.47. The fraction of sp³-hybridized carbons (Fsp3) is 0. The van der Waals surface area contributed by atoms with Crippen LogP contribution in [0.3, 0.4) is 0 Å². The van der Waals surface area contributed by atoms with Crippen molar-refractivity contribution in [1.29, 1.82) is 0 Å². The number of esters is 1. The lowest BCUT2D eigenvalue weighted by atomic mass is 10.1. The van der Waals surface area contributed by atoms with E-state index in [0.717, 1.165) is 6.08 Å². The highest BCUT2D eigenvalue weighted by atomic mass is 16.6. The van der Waals surface area contributed by atoms with E-state index in [-0.39, 0.29) is 28.3 Å². The van der Waals surface area contributed by atoms with Crippen LogP contribution >= 0.6 is 0 Å². The minimum Gasteiger partial charge on any atom is -0.507 e. The number of nitro benzene ring substituents is 1. The summed E-state index contributed by atoms with van der Waals surface area (Å²) in [6.45, 7) is 0. The van der Waals surface area contributed by atoms with Crippen molar-refractivity contribution in [2.75, 3.05) is 0 Å². The molecule has 0 bridgehead atoms. The van der Waals surface area contributed by atoms with Crippen LogP contribution in [0.5, 0.6) is 11.5 Å². The van der Waals surface area contributed by atoms with Crippen LogP contribution in [0.1, 0.15) is 26.3 Å². The topological polar surface area (TPSA) is 148 Å². The van der Waals surface area contributed by atoms with Crippen molar-refractivity contribution in [2.45, 2.75) is 0 Å². The van der Waals surface area contributed by atoms with Gasteiger partial charge in [-0.25, -0.2) is 4.79 Å². The van der Waals surface area contributed by atoms with E-state index < -0.39 is 22.7 Å². The van der Waals surface area contributed by atoms with Crippen molar-refractivity contribution in [2.24, 2.45) is 0 Å². The van der Waals surface area contributed by atoms with Gasteiger partial charge in [0, 0.05) is 23.8 Å². The first-order valence-corrected chi connectivity index (χ1v) is 9.47. The monoisotopic (exact) mass is 447 g/mol. The Morgan fingerprint density at radius 2 is 1.58 bits per heavy atom. The van der Waals surface area contributed by atoms with E-state index >= 15 is 0 Å². The van der Waals surface area contributed by atoms with Crippen molar-refractivity contribution >= 4 is 29.5 Å². The number of amides is 2. The average molecular weight is 447 g/mol. The number of phenols is 1. The molecular weight excluding hydrogens is 430 g/mol. The Bertz CT molecular complexity index is 1240. The number of phenolic OH excluding ortho intramolecular Hbond substituents is 1. The molecule has 0 atom stereocenters. The summed E-state index contributed by atoms with van der Waals surface area (Å²) in [5.74, 6) is -2.18. The maximum atomic E-state index is 12.4. The van der Waals surface area contributed by atoms with Gasteiger partial charge in [-0.15, -0.1) is 0 Å². The maximum Gasteiger partial charge on any atom is 0.343 e. The molecule has 3 rings (SSSR count). The van der Waals surface area contributed by atoms with Crippen LogP contribution in [-0.2, 0) is 4.79 Å². The largest absolute Gasteiger partial charge is 0.507 e. The Kier molecular flexibility index (Phi) is 7.12. The van der Waals surface area contributed by atoms with Gasteiger partial charge in [-0.1, -0.05) is 30.3 Å². The number of hydrogen-bond acceptors (Lipinski definition) is 7. The lowest BCUT2D eigenvalue weighted by Gasteiger charge is -2.08. The van der Waals surface area contributed by atoms with Gasteiger partial charge < -0.3 is 9.84 Å². The lowest BCUT2D eigenvalue weighted by molar-refractivity contribution is -0.384. The van der Waals surface area contributed by atoms with E-state index in [1.165, 1.54) is 48.5 Å². The smallest absolute Gasteiger partial charge is 0.343 e. The number of aromatic hydroxyl groups is 1. The molecule has 3 aromatic rings. The molecule has 0 aliphatic heterocycles. The summed E-state index contributed by atoms with van der Waals surface area (Å²) in [4.78, 5) is 46.6. The van der Waals surface area contributed by atoms with Gasteiger partial charge in [0.1, 0.15) is 11.5 Å². The van der Waals surface area contributed by atoms with Crippen LogP contribution in [0.2, 0.25) is 0 Å². The fourth-order valence-electron chi connectivity index (χ4n) is 2.65. The second kappa shape index (κ2) is 10.4. The number of hydrogen-bond donors (Lipinski definition) is 3. The van der Waals surface area contributed by atoms with Gasteiger partial charge in [-0.05, 0) is 36.4 Å². The number of para-hydroxylation sites is 2. The van der Waals surface area contributed by atoms with Gasteiger partial charge in [0.25, 0.3) is 17.5 Å². The van der Waals surface area contributed by atoms with E-state index in [2.05, 4.69) is 10.9 Å². The highest BCUT2D eigenvalue weighted by Crippen LogP contribution is 2.21. The summed E-state index contributed by atoms with van der Waals surface area (Å²) in [6, 6.07) is 17.2. The molecule has 0 radical (unpaired) electrons. The molecule has 0 unspecified atom stereocenters. The molecule has 0 aliphatic carbocycles. The molecule has 10 nitrogen and oxygen atoms in total. The van der Waals surface area contributed by atoms with Gasteiger partial charge in [0.05, 0.1) is 16.1 Å². The van der Waals surface area contributed by atoms with Crippen molar-refractivity contribution in [3.63, 3.8) is 0 Å². The Balaban J connectivity index is 1.63. The van der Waals surface area contributed by atoms with E-state index in [9.17, 15) is 29.6 Å². The minimum absolute atomic E-state index is 0.00900. The highest BCUT2D eigenvalue weighted by Gasteiger charge is 2.13. The minimum atomic E-state index is -0.731. The second-order valence-electron chi connectivity index (χ2n) is 6.53. The molecule has 2 amide bonds. The zero-order valence-corrected chi connectivity index (χ0v) is 16.9. The number of carbonyl (C=O) groups is 3. The number of nitro groups is 1. The van der Waals surface area contributed by atoms with Crippen molar-refractivity contribution in [1.82, 2.24) is 10.9 Å². The fourth-order valence-corrected chi connectivity index (χ4v) is 2.65. The molecule has 0 heterocycles. The van der Waals surface area contributed by atoms with Crippen molar-refractivity contribution in [3.8, 4) is 11.5 Å². The Morgan fingerprint density at radius 3 is 2.27 bits per heavy atom. The average Bonchev–Trinajstić information content (AvgIpc) is 2.82. The van der Waals surface area contributed by atoms with Gasteiger partial charge >= 0.3 is 5.97 Å². The summed E-state index contributed by atoms with van der Waals surface area (Å²) in [5.41, 5.74) is 4.70. The number of benzene rings is 3. The lowest BCUT2D eigenvalue weighted by Crippen LogP contribution is -2.40. The molecule has 33 heavy (non-hydrogen) atoms. The number of nitrogens with zero attached hydrogens (tertiary/aromatic N) is 1. The van der Waals surface area contributed by atoms with Crippen LogP contribution < -0.4 is 15.6 Å². The van der Waals surface area contributed by atoms with Crippen LogP contribution in [0.15, 0.2) is 78.9 Å². The second-order valence-corrected chi connectivity index (χ2v) is 6.53. The van der Waals surface area contributed by atoms with Crippen molar-refractivity contribution < 1.29 is 29.2 Å². The zero-order chi connectivity index (χ0) is 23.8. The summed E-state index contributed by atoms with van der Waals surface area (Å²) in [5, 5.41) is 20.4. The van der Waals surface area contributed by atoms with E-state index in [1.807, 2.05) is 0 Å². The van der Waals surface area contributed by atoms with Crippen LogP contribution in [-0.4, -0.2) is 27.8 Å². The third-order valence-corrected chi connectivity index (χ3v) is 4.30. The molecule has 3 N–H and O–H groups in total. The molecule has 0 saturated carbocycles. The molecule has 0 saturated heterocycles. The first kappa shape index (κ1) is 22.7. The third-order valence-electron chi connectivity index (χ3n) is 4.30. The van der Waals surface area contributed by atoms with Crippen molar-refractivity contribution in [3.05, 3.63) is 106 Å². The molecule has 10 heteroatoms. The quantitative estimate of drug-likeness (QED) is 0.173. The molecule has 0 aromatic heterocycles. The molecular formula is C23H17N3O7. The van der Waals surface area contributed by atoms with E-state index in [1.54, 1.807) is 30.3 Å².